The van der Waals surface area contributed by atoms with Gasteiger partial charge in [0.15, 0.2) is 0 Å². The Bertz CT molecular complexity index is 1670. The summed E-state index contributed by atoms with van der Waals surface area (Å²) in [6, 6.07) is 42.5. The maximum Gasteiger partial charge on any atom is 0.494 e. The van der Waals surface area contributed by atoms with Crippen LogP contribution in [0, 0.1) is 0 Å². The summed E-state index contributed by atoms with van der Waals surface area (Å²) in [5.74, 6) is 0. The van der Waals surface area contributed by atoms with Crippen LogP contribution < -0.4 is 5.46 Å². The second-order valence-corrected chi connectivity index (χ2v) is 14.3. The molecule has 1 saturated heterocycles. The van der Waals surface area contributed by atoms with Crippen molar-refractivity contribution in [3.05, 3.63) is 115 Å². The maximum atomic E-state index is 6.52. The molecular weight excluding hydrogens is 483 g/mol. The van der Waals surface area contributed by atoms with Gasteiger partial charge in [-0.3, -0.25) is 0 Å². The maximum absolute atomic E-state index is 6.52. The van der Waals surface area contributed by atoms with Crippen LogP contribution in [0.1, 0.15) is 27.7 Å². The molecule has 1 atom stereocenters. The summed E-state index contributed by atoms with van der Waals surface area (Å²) in [7, 11) is -2.19. The smallest absolute Gasteiger partial charge is 0.399 e. The Morgan fingerprint density at radius 2 is 1.16 bits per heavy atom. The molecule has 2 aliphatic rings. The third kappa shape index (κ3) is 3.24. The van der Waals surface area contributed by atoms with Crippen LogP contribution in [0.2, 0.25) is 0 Å². The Morgan fingerprint density at radius 3 is 1.95 bits per heavy atom. The monoisotopic (exact) mass is 514 g/mol. The van der Waals surface area contributed by atoms with Crippen LogP contribution in [0.4, 0.5) is 0 Å². The van der Waals surface area contributed by atoms with Crippen molar-refractivity contribution in [1.82, 2.24) is 0 Å². The van der Waals surface area contributed by atoms with Gasteiger partial charge in [0, 0.05) is 19.6 Å². The number of benzene rings is 5. The van der Waals surface area contributed by atoms with Crippen molar-refractivity contribution in [2.75, 3.05) is 0 Å². The number of hydrogen-bond donors (Lipinski definition) is 0. The van der Waals surface area contributed by atoms with Gasteiger partial charge in [0.25, 0.3) is 0 Å². The molecule has 7 rings (SSSR count). The first-order valence-corrected chi connectivity index (χ1v) is 14.9. The van der Waals surface area contributed by atoms with E-state index in [4.69, 9.17) is 9.31 Å². The molecule has 0 radical (unpaired) electrons. The highest BCUT2D eigenvalue weighted by molar-refractivity contribution is 8.34. The predicted molar refractivity (Wildman–Crippen MR) is 159 cm³/mol. The summed E-state index contributed by atoms with van der Waals surface area (Å²) >= 11 is 0. The van der Waals surface area contributed by atoms with Gasteiger partial charge in [0.2, 0.25) is 0 Å². The highest BCUT2D eigenvalue weighted by atomic mass is 32.3. The first-order chi connectivity index (χ1) is 18.3. The van der Waals surface area contributed by atoms with Crippen LogP contribution in [0.3, 0.4) is 0 Å². The van der Waals surface area contributed by atoms with Gasteiger partial charge >= 0.3 is 7.12 Å². The van der Waals surface area contributed by atoms with Gasteiger partial charge in [-0.05, 0) is 85.4 Å². The average Bonchev–Trinajstić information content (AvgIpc) is 3.35. The van der Waals surface area contributed by atoms with Crippen molar-refractivity contribution < 1.29 is 9.31 Å². The summed E-state index contributed by atoms with van der Waals surface area (Å²) < 4.78 is 13.0. The van der Waals surface area contributed by atoms with Gasteiger partial charge in [-0.2, -0.15) is 0 Å². The van der Waals surface area contributed by atoms with E-state index < -0.39 is 28.3 Å². The molecule has 1 unspecified atom stereocenters. The summed E-state index contributed by atoms with van der Waals surface area (Å²) in [5, 5.41) is 2.57. The molecule has 5 aromatic carbocycles. The van der Waals surface area contributed by atoms with Gasteiger partial charge in [-0.1, -0.05) is 84.9 Å². The molecule has 5 aromatic rings. The topological polar surface area (TPSA) is 18.5 Å². The third-order valence-corrected chi connectivity index (χ3v) is 12.6. The van der Waals surface area contributed by atoms with E-state index in [2.05, 4.69) is 143 Å². The Hall–Kier alpha value is -3.31. The number of hydrogen-bond acceptors (Lipinski definition) is 2. The third-order valence-electron chi connectivity index (χ3n) is 8.54. The fraction of sp³-hybridized carbons (Fsp3) is 0.176. The fourth-order valence-corrected chi connectivity index (χ4v) is 10.4. The van der Waals surface area contributed by atoms with E-state index in [0.717, 1.165) is 5.46 Å². The molecule has 4 heteroatoms. The zero-order valence-corrected chi connectivity index (χ0v) is 23.1. The van der Waals surface area contributed by atoms with E-state index in [-0.39, 0.29) is 0 Å². The van der Waals surface area contributed by atoms with E-state index in [1.54, 1.807) is 0 Å². The van der Waals surface area contributed by atoms with Crippen LogP contribution in [0.5, 0.6) is 0 Å². The molecule has 0 saturated carbocycles. The van der Waals surface area contributed by atoms with Crippen molar-refractivity contribution in [2.24, 2.45) is 0 Å². The van der Waals surface area contributed by atoms with Crippen molar-refractivity contribution in [1.29, 1.82) is 0 Å². The van der Waals surface area contributed by atoms with E-state index >= 15 is 0 Å². The van der Waals surface area contributed by atoms with Crippen molar-refractivity contribution in [3.63, 3.8) is 0 Å². The SMILES string of the molecule is CC1(C)OB(c2ccc3c(c2)S(c2ccccc2)(c2cccc4ccccc24)c2ccccc2-3)OC1(C)C. The molecule has 0 N–H and O–H groups in total. The molecule has 1 fully saturated rings. The minimum absolute atomic E-state index is 0.390. The van der Waals surface area contributed by atoms with Gasteiger partial charge < -0.3 is 9.31 Å². The van der Waals surface area contributed by atoms with Gasteiger partial charge in [0.1, 0.15) is 0 Å². The lowest BCUT2D eigenvalue weighted by atomic mass is 9.78. The van der Waals surface area contributed by atoms with Crippen LogP contribution in [0.15, 0.2) is 135 Å². The summed E-state index contributed by atoms with van der Waals surface area (Å²) in [4.78, 5) is 5.46. The Labute approximate surface area is 227 Å². The number of fused-ring (bicyclic) bond motifs is 4. The summed E-state index contributed by atoms with van der Waals surface area (Å²) in [5.41, 5.74) is 2.91. The normalized spacial score (nSPS) is 22.6. The van der Waals surface area contributed by atoms with E-state index in [9.17, 15) is 0 Å². The van der Waals surface area contributed by atoms with Crippen LogP contribution in [0.25, 0.3) is 21.9 Å². The van der Waals surface area contributed by atoms with Crippen LogP contribution >= 0.6 is 10.0 Å². The zero-order valence-electron chi connectivity index (χ0n) is 22.3. The van der Waals surface area contributed by atoms with Gasteiger partial charge in [-0.15, -0.1) is 10.0 Å². The molecule has 0 aromatic heterocycles. The second kappa shape index (κ2) is 8.35. The molecule has 188 valence electrons. The Balaban J connectivity index is 1.57. The molecule has 38 heavy (non-hydrogen) atoms. The molecule has 2 nitrogen and oxygen atoms in total. The molecule has 0 amide bonds. The molecule has 2 heterocycles. The predicted octanol–water partition coefficient (Wildman–Crippen LogP) is 8.46. The lowest BCUT2D eigenvalue weighted by molar-refractivity contribution is 0.00578. The zero-order chi connectivity index (χ0) is 26.1. The van der Waals surface area contributed by atoms with Gasteiger partial charge in [-0.25, -0.2) is 0 Å². The Morgan fingerprint density at radius 1 is 0.553 bits per heavy atom. The van der Waals surface area contributed by atoms with Crippen LogP contribution in [-0.4, -0.2) is 18.3 Å². The van der Waals surface area contributed by atoms with E-state index in [1.165, 1.54) is 41.5 Å². The standard InChI is InChI=1S/C34H31BO2S/c1-33(2)34(3,4)37-35(36-33)25-21-22-29-28-18-10-11-19-31(28)38(32(29)23-25,26-15-6-5-7-16-26)30-20-12-14-24-13-8-9-17-27(24)30/h5-23H,1-4H3. The minimum Gasteiger partial charge on any atom is -0.399 e. The van der Waals surface area contributed by atoms with Gasteiger partial charge in [0.05, 0.1) is 11.2 Å². The van der Waals surface area contributed by atoms with E-state index in [0.29, 0.717) is 0 Å². The molecular formula is C34H31BO2S. The first kappa shape index (κ1) is 23.8. The molecule has 0 bridgehead atoms. The fourth-order valence-electron chi connectivity index (χ4n) is 5.92. The molecule has 0 spiro atoms. The van der Waals surface area contributed by atoms with E-state index in [1.807, 2.05) is 0 Å². The lowest BCUT2D eigenvalue weighted by Gasteiger charge is -2.40. The van der Waals surface area contributed by atoms with Crippen molar-refractivity contribution in [2.45, 2.75) is 58.5 Å². The average molecular weight is 514 g/mol. The minimum atomic E-state index is -1.78. The first-order valence-electron chi connectivity index (χ1n) is 13.3. The van der Waals surface area contributed by atoms with Crippen LogP contribution in [-0.2, 0) is 9.31 Å². The molecule has 2 aliphatic heterocycles. The summed E-state index contributed by atoms with van der Waals surface area (Å²) in [6.07, 6.45) is 0. The highest BCUT2D eigenvalue weighted by Gasteiger charge is 2.52. The lowest BCUT2D eigenvalue weighted by Crippen LogP contribution is -2.41. The van der Waals surface area contributed by atoms with Crippen molar-refractivity contribution in [3.8, 4) is 11.1 Å². The second-order valence-electron chi connectivity index (χ2n) is 11.2. The number of rotatable bonds is 3. The largest absolute Gasteiger partial charge is 0.494 e. The highest BCUT2D eigenvalue weighted by Crippen LogP contribution is 2.80. The van der Waals surface area contributed by atoms with Crippen molar-refractivity contribution >= 4 is 33.4 Å². The molecule has 0 aliphatic carbocycles. The Kier molecular flexibility index (Phi) is 5.22. The quantitative estimate of drug-likeness (QED) is 0.221. The summed E-state index contributed by atoms with van der Waals surface area (Å²) in [6.45, 7) is 8.47.